The van der Waals surface area contributed by atoms with Gasteiger partial charge in [-0.1, -0.05) is 19.4 Å². The summed E-state index contributed by atoms with van der Waals surface area (Å²) in [7, 11) is 0. The Bertz CT molecular complexity index is 819. The molecule has 0 aliphatic carbocycles. The Balaban J connectivity index is 1.89. The van der Waals surface area contributed by atoms with Crippen molar-refractivity contribution >= 4 is 17.6 Å². The zero-order valence-corrected chi connectivity index (χ0v) is 14.6. The van der Waals surface area contributed by atoms with Gasteiger partial charge in [-0.25, -0.2) is 14.7 Å². The zero-order chi connectivity index (χ0) is 18.0. The third-order valence-corrected chi connectivity index (χ3v) is 4.13. The van der Waals surface area contributed by atoms with Gasteiger partial charge >= 0.3 is 6.03 Å². The Morgan fingerprint density at radius 1 is 1.20 bits per heavy atom. The molecule has 1 saturated heterocycles. The van der Waals surface area contributed by atoms with E-state index in [1.807, 2.05) is 39.0 Å². The number of nitrogens with one attached hydrogen (secondary N) is 1. The van der Waals surface area contributed by atoms with Crippen molar-refractivity contribution < 1.29 is 14.3 Å². The van der Waals surface area contributed by atoms with E-state index in [9.17, 15) is 9.59 Å². The minimum absolute atomic E-state index is 0.227. The van der Waals surface area contributed by atoms with Gasteiger partial charge in [-0.05, 0) is 43.5 Å². The summed E-state index contributed by atoms with van der Waals surface area (Å²) in [6.45, 7) is 5.84. The molecule has 1 N–H and O–H groups in total. The number of pyridine rings is 1. The number of aromatic nitrogens is 1. The van der Waals surface area contributed by atoms with Crippen LogP contribution >= 0.6 is 0 Å². The van der Waals surface area contributed by atoms with E-state index in [-0.39, 0.29) is 5.91 Å². The van der Waals surface area contributed by atoms with E-state index in [0.29, 0.717) is 23.7 Å². The Hall–Kier alpha value is -2.89. The van der Waals surface area contributed by atoms with Crippen LogP contribution < -0.4 is 15.0 Å². The molecule has 1 fully saturated rings. The van der Waals surface area contributed by atoms with Crippen molar-refractivity contribution in [2.24, 2.45) is 0 Å². The van der Waals surface area contributed by atoms with E-state index < -0.39 is 12.1 Å². The van der Waals surface area contributed by atoms with Crippen LogP contribution in [0, 0.1) is 13.8 Å². The molecule has 1 aliphatic heterocycles. The van der Waals surface area contributed by atoms with E-state index in [0.717, 1.165) is 17.5 Å². The van der Waals surface area contributed by atoms with Crippen LogP contribution in [0.5, 0.6) is 11.6 Å². The Labute approximate surface area is 146 Å². The Morgan fingerprint density at radius 2 is 2.00 bits per heavy atom. The fraction of sp³-hybridized carbons (Fsp3) is 0.316. The highest BCUT2D eigenvalue weighted by molar-refractivity contribution is 6.21. The molecule has 0 spiro atoms. The summed E-state index contributed by atoms with van der Waals surface area (Å²) in [4.78, 5) is 30.1. The van der Waals surface area contributed by atoms with Crippen molar-refractivity contribution in [2.75, 3.05) is 4.90 Å². The maximum Gasteiger partial charge on any atom is 0.329 e. The molecule has 130 valence electrons. The fourth-order valence-corrected chi connectivity index (χ4v) is 2.77. The molecule has 1 aromatic carbocycles. The second-order valence-corrected chi connectivity index (χ2v) is 6.19. The Morgan fingerprint density at radius 3 is 2.72 bits per heavy atom. The molecule has 6 heteroatoms. The molecule has 2 heterocycles. The second-order valence-electron chi connectivity index (χ2n) is 6.19. The van der Waals surface area contributed by atoms with Crippen LogP contribution in [0.3, 0.4) is 0 Å². The van der Waals surface area contributed by atoms with E-state index in [1.165, 1.54) is 4.90 Å². The van der Waals surface area contributed by atoms with Crippen molar-refractivity contribution in [2.45, 2.75) is 39.7 Å². The van der Waals surface area contributed by atoms with E-state index in [1.54, 1.807) is 18.3 Å². The first-order chi connectivity index (χ1) is 12.0. The lowest BCUT2D eigenvalue weighted by Crippen LogP contribution is -2.31. The quantitative estimate of drug-likeness (QED) is 0.843. The summed E-state index contributed by atoms with van der Waals surface area (Å²) >= 11 is 0. The highest BCUT2D eigenvalue weighted by Crippen LogP contribution is 2.30. The summed E-state index contributed by atoms with van der Waals surface area (Å²) in [5.41, 5.74) is 2.42. The number of hydrogen-bond acceptors (Lipinski definition) is 4. The number of carbonyl (C=O) groups is 2. The number of rotatable bonds is 5. The molecule has 0 radical (unpaired) electrons. The van der Waals surface area contributed by atoms with Crippen LogP contribution in [-0.4, -0.2) is 23.0 Å². The summed E-state index contributed by atoms with van der Waals surface area (Å²) in [6, 6.07) is 8.14. The molecule has 1 unspecified atom stereocenters. The molecule has 3 amide bonds. The van der Waals surface area contributed by atoms with Crippen molar-refractivity contribution in [1.82, 2.24) is 10.3 Å². The number of amides is 3. The molecular weight excluding hydrogens is 318 g/mol. The normalized spacial score (nSPS) is 16.9. The number of carbonyl (C=O) groups excluding carboxylic acids is 2. The lowest BCUT2D eigenvalue weighted by Gasteiger charge is -2.16. The molecule has 1 aromatic heterocycles. The van der Waals surface area contributed by atoms with Gasteiger partial charge in [0.15, 0.2) is 0 Å². The maximum atomic E-state index is 12.5. The molecule has 1 aliphatic rings. The van der Waals surface area contributed by atoms with Crippen LogP contribution in [0.2, 0.25) is 0 Å². The average molecular weight is 339 g/mol. The summed E-state index contributed by atoms with van der Waals surface area (Å²) in [5, 5.41) is 2.73. The standard InChI is InChI=1S/C19H21N3O3/c1-4-5-15-18(23)22(19(24)21-15)14-7-6-13(3)16(11-14)25-17-10-12(2)8-9-20-17/h6-11,15H,4-5H2,1-3H3,(H,21,24). The first-order valence-electron chi connectivity index (χ1n) is 8.35. The molecule has 25 heavy (non-hydrogen) atoms. The first kappa shape index (κ1) is 17.0. The highest BCUT2D eigenvalue weighted by Gasteiger charge is 2.38. The summed E-state index contributed by atoms with van der Waals surface area (Å²) < 4.78 is 5.85. The molecule has 1 atom stereocenters. The van der Waals surface area contributed by atoms with Crippen LogP contribution in [-0.2, 0) is 4.79 Å². The number of aryl methyl sites for hydroxylation is 2. The summed E-state index contributed by atoms with van der Waals surface area (Å²) in [6.07, 6.45) is 3.13. The van der Waals surface area contributed by atoms with Gasteiger partial charge in [0.05, 0.1) is 5.69 Å². The Kier molecular flexibility index (Phi) is 4.70. The number of ether oxygens (including phenoxy) is 1. The van der Waals surface area contributed by atoms with Crippen LogP contribution in [0.15, 0.2) is 36.5 Å². The molecular formula is C19H21N3O3. The smallest absolute Gasteiger partial charge is 0.329 e. The van der Waals surface area contributed by atoms with Gasteiger partial charge in [0.2, 0.25) is 5.88 Å². The number of urea groups is 1. The minimum Gasteiger partial charge on any atom is -0.439 e. The van der Waals surface area contributed by atoms with E-state index in [4.69, 9.17) is 4.74 Å². The van der Waals surface area contributed by atoms with Crippen molar-refractivity contribution in [3.05, 3.63) is 47.7 Å². The van der Waals surface area contributed by atoms with E-state index >= 15 is 0 Å². The molecule has 6 nitrogen and oxygen atoms in total. The number of imide groups is 1. The third kappa shape index (κ3) is 3.47. The predicted octanol–water partition coefficient (Wildman–Crippen LogP) is 3.72. The maximum absolute atomic E-state index is 12.5. The number of hydrogen-bond donors (Lipinski definition) is 1. The van der Waals surface area contributed by atoms with Crippen LogP contribution in [0.4, 0.5) is 10.5 Å². The van der Waals surface area contributed by atoms with E-state index in [2.05, 4.69) is 10.3 Å². The van der Waals surface area contributed by atoms with Crippen molar-refractivity contribution in [3.63, 3.8) is 0 Å². The largest absolute Gasteiger partial charge is 0.439 e. The third-order valence-electron chi connectivity index (χ3n) is 4.13. The fourth-order valence-electron chi connectivity index (χ4n) is 2.77. The molecule has 2 aromatic rings. The molecule has 0 bridgehead atoms. The topological polar surface area (TPSA) is 71.5 Å². The van der Waals surface area contributed by atoms with Gasteiger partial charge in [0.25, 0.3) is 5.91 Å². The van der Waals surface area contributed by atoms with Crippen LogP contribution in [0.1, 0.15) is 30.9 Å². The van der Waals surface area contributed by atoms with Gasteiger partial charge in [0.1, 0.15) is 11.8 Å². The predicted molar refractivity (Wildman–Crippen MR) is 94.9 cm³/mol. The highest BCUT2D eigenvalue weighted by atomic mass is 16.5. The average Bonchev–Trinajstić information content (AvgIpc) is 2.84. The monoisotopic (exact) mass is 339 g/mol. The summed E-state index contributed by atoms with van der Waals surface area (Å²) in [5.74, 6) is 0.812. The van der Waals surface area contributed by atoms with Crippen molar-refractivity contribution in [3.8, 4) is 11.6 Å². The second kappa shape index (κ2) is 6.93. The van der Waals surface area contributed by atoms with Gasteiger partial charge < -0.3 is 10.1 Å². The minimum atomic E-state index is -0.457. The first-order valence-corrected chi connectivity index (χ1v) is 8.35. The number of nitrogens with zero attached hydrogens (tertiary/aromatic N) is 2. The lowest BCUT2D eigenvalue weighted by atomic mass is 10.1. The zero-order valence-electron chi connectivity index (χ0n) is 14.6. The van der Waals surface area contributed by atoms with Crippen molar-refractivity contribution in [1.29, 1.82) is 0 Å². The lowest BCUT2D eigenvalue weighted by molar-refractivity contribution is -0.118. The van der Waals surface area contributed by atoms with Gasteiger partial charge in [-0.2, -0.15) is 0 Å². The molecule has 0 saturated carbocycles. The van der Waals surface area contributed by atoms with Gasteiger partial charge in [-0.15, -0.1) is 0 Å². The molecule has 3 rings (SSSR count). The number of anilines is 1. The van der Waals surface area contributed by atoms with Gasteiger partial charge in [-0.3, -0.25) is 4.79 Å². The SMILES string of the molecule is CCCC1NC(=O)N(c2ccc(C)c(Oc3cc(C)ccn3)c2)C1=O. The van der Waals surface area contributed by atoms with Crippen LogP contribution in [0.25, 0.3) is 0 Å². The van der Waals surface area contributed by atoms with Gasteiger partial charge in [0, 0.05) is 18.3 Å². The number of benzene rings is 1.